The van der Waals surface area contributed by atoms with E-state index in [-0.39, 0.29) is 5.91 Å². The van der Waals surface area contributed by atoms with Crippen LogP contribution in [0.3, 0.4) is 0 Å². The number of fused-ring (bicyclic) bond motifs is 1. The van der Waals surface area contributed by atoms with E-state index >= 15 is 0 Å². The molecule has 1 saturated heterocycles. The number of carbonyl (C=O) groups is 1. The predicted octanol–water partition coefficient (Wildman–Crippen LogP) is 0.474. The van der Waals surface area contributed by atoms with Gasteiger partial charge in [0.05, 0.1) is 36.6 Å². The van der Waals surface area contributed by atoms with Crippen LogP contribution >= 0.6 is 11.3 Å². The summed E-state index contributed by atoms with van der Waals surface area (Å²) in [6.07, 6.45) is 1.94. The van der Waals surface area contributed by atoms with Crippen LogP contribution < -0.4 is 14.8 Å². The fourth-order valence-corrected chi connectivity index (χ4v) is 4.54. The Balaban J connectivity index is 1.29. The molecule has 27 heavy (non-hydrogen) atoms. The number of hydrogen-bond donors (Lipinski definition) is 1. The van der Waals surface area contributed by atoms with Crippen molar-refractivity contribution in [1.29, 1.82) is 0 Å². The number of aromatic amines is 1. The van der Waals surface area contributed by atoms with Gasteiger partial charge in [0.2, 0.25) is 0 Å². The number of rotatable bonds is 5. The molecule has 6 nitrogen and oxygen atoms in total. The van der Waals surface area contributed by atoms with Crippen molar-refractivity contribution in [3.05, 3.63) is 53.7 Å². The highest BCUT2D eigenvalue weighted by Gasteiger charge is 2.27. The van der Waals surface area contributed by atoms with Crippen LogP contribution in [0.4, 0.5) is 5.82 Å². The Labute approximate surface area is 163 Å². The van der Waals surface area contributed by atoms with Crippen LogP contribution in [0.5, 0.6) is 0 Å². The van der Waals surface area contributed by atoms with Gasteiger partial charge in [0.25, 0.3) is 11.7 Å². The van der Waals surface area contributed by atoms with Crippen LogP contribution in [0, 0.1) is 0 Å². The highest BCUT2D eigenvalue weighted by molar-refractivity contribution is 7.18. The number of pyridine rings is 1. The topological polar surface area (TPSA) is 55.0 Å². The first-order valence-corrected chi connectivity index (χ1v) is 10.2. The van der Waals surface area contributed by atoms with E-state index in [4.69, 9.17) is 0 Å². The van der Waals surface area contributed by atoms with E-state index in [9.17, 15) is 4.79 Å². The van der Waals surface area contributed by atoms with Crippen molar-refractivity contribution < 1.29 is 14.7 Å². The zero-order chi connectivity index (χ0) is 18.6. The number of hydrogen-bond acceptors (Lipinski definition) is 4. The Kier molecular flexibility index (Phi) is 5.31. The van der Waals surface area contributed by atoms with E-state index in [0.717, 1.165) is 49.1 Å². The Morgan fingerprint density at radius 1 is 1.15 bits per heavy atom. The maximum atomic E-state index is 12.7. The van der Waals surface area contributed by atoms with Gasteiger partial charge in [0.1, 0.15) is 24.6 Å². The molecular formula is C20H25N5OS+2. The van der Waals surface area contributed by atoms with Crippen molar-refractivity contribution >= 4 is 33.3 Å². The predicted molar refractivity (Wildman–Crippen MR) is 107 cm³/mol. The third kappa shape index (κ3) is 4.26. The molecule has 1 aliphatic rings. The molecule has 0 spiro atoms. The first-order chi connectivity index (χ1) is 13.2. The molecular weight excluding hydrogens is 358 g/mol. The summed E-state index contributed by atoms with van der Waals surface area (Å²) in [5.41, 5.74) is 1.05. The summed E-state index contributed by atoms with van der Waals surface area (Å²) in [5.74, 6) is 1.34. The first kappa shape index (κ1) is 17.9. The van der Waals surface area contributed by atoms with E-state index in [0.29, 0.717) is 6.54 Å². The van der Waals surface area contributed by atoms with Gasteiger partial charge in [0, 0.05) is 6.07 Å². The number of likely N-dealkylation sites (N-methyl/N-ethyl adjacent to an activating group) is 1. The lowest BCUT2D eigenvalue weighted by Crippen LogP contribution is -3.09. The maximum absolute atomic E-state index is 12.7. The third-order valence-electron chi connectivity index (χ3n) is 4.91. The lowest BCUT2D eigenvalue weighted by Gasteiger charge is -2.31. The van der Waals surface area contributed by atoms with Crippen molar-refractivity contribution in [3.8, 4) is 0 Å². The number of nitrogens with one attached hydrogen (secondary N) is 2. The quantitative estimate of drug-likeness (QED) is 0.697. The molecule has 3 heterocycles. The lowest BCUT2D eigenvalue weighted by molar-refractivity contribution is -0.885. The monoisotopic (exact) mass is 383 g/mol. The first-order valence-electron chi connectivity index (χ1n) is 9.34. The normalized spacial score (nSPS) is 15.9. The highest BCUT2D eigenvalue weighted by Crippen LogP contribution is 2.20. The molecule has 2 N–H and O–H groups in total. The standard InChI is InChI=1S/C20H23N5OS/c1-23(14-19-22-16-6-2-3-7-17(16)27-19)15-20(26)25-12-10-24(11-13-25)18-8-4-5-9-21-18/h2-9H,10-15H2,1H3/p+2. The van der Waals surface area contributed by atoms with Crippen molar-refractivity contribution in [1.82, 2.24) is 9.88 Å². The number of benzene rings is 1. The molecule has 1 amide bonds. The summed E-state index contributed by atoms with van der Waals surface area (Å²) >= 11 is 1.72. The van der Waals surface area contributed by atoms with E-state index < -0.39 is 0 Å². The fraction of sp³-hybridized carbons (Fsp3) is 0.350. The summed E-state index contributed by atoms with van der Waals surface area (Å²) in [5, 5.41) is 1.09. The number of para-hydroxylation sites is 1. The summed E-state index contributed by atoms with van der Waals surface area (Å²) in [6.45, 7) is 4.57. The molecule has 7 heteroatoms. The fourth-order valence-electron chi connectivity index (χ4n) is 3.46. The second-order valence-electron chi connectivity index (χ2n) is 7.00. The van der Waals surface area contributed by atoms with Crippen LogP contribution in [0.25, 0.3) is 10.2 Å². The summed E-state index contributed by atoms with van der Waals surface area (Å²) in [7, 11) is 2.07. The van der Waals surface area contributed by atoms with Gasteiger partial charge in [0.15, 0.2) is 6.54 Å². The lowest BCUT2D eigenvalue weighted by atomic mass is 10.3. The summed E-state index contributed by atoms with van der Waals surface area (Å²) < 4.78 is 1.21. The number of H-pyrrole nitrogens is 1. The van der Waals surface area contributed by atoms with Gasteiger partial charge in [-0.15, -0.1) is 11.3 Å². The van der Waals surface area contributed by atoms with Gasteiger partial charge in [-0.3, -0.25) is 9.69 Å². The number of quaternary nitrogens is 1. The maximum Gasteiger partial charge on any atom is 0.278 e. The Hall–Kier alpha value is -2.51. The highest BCUT2D eigenvalue weighted by atomic mass is 32.1. The average molecular weight is 384 g/mol. The molecule has 140 valence electrons. The largest absolute Gasteiger partial charge is 0.330 e. The number of nitrogens with zero attached hydrogens (tertiary/aromatic N) is 3. The zero-order valence-corrected chi connectivity index (χ0v) is 16.3. The Morgan fingerprint density at radius 3 is 2.67 bits per heavy atom. The number of anilines is 1. The molecule has 1 fully saturated rings. The van der Waals surface area contributed by atoms with Gasteiger partial charge in [-0.1, -0.05) is 18.2 Å². The van der Waals surface area contributed by atoms with Gasteiger partial charge in [-0.25, -0.2) is 9.97 Å². The molecule has 0 aliphatic carbocycles. The molecule has 0 radical (unpaired) electrons. The van der Waals surface area contributed by atoms with Crippen LogP contribution in [0.2, 0.25) is 0 Å². The van der Waals surface area contributed by atoms with Crippen molar-refractivity contribution in [3.63, 3.8) is 0 Å². The van der Waals surface area contributed by atoms with Crippen LogP contribution in [0.15, 0.2) is 48.7 Å². The minimum atomic E-state index is 0.227. The molecule has 2 aromatic heterocycles. The summed E-state index contributed by atoms with van der Waals surface area (Å²) in [4.78, 5) is 26.1. The van der Waals surface area contributed by atoms with Gasteiger partial charge < -0.3 is 9.80 Å². The minimum Gasteiger partial charge on any atom is -0.330 e. The van der Waals surface area contributed by atoms with Crippen molar-refractivity contribution in [2.45, 2.75) is 6.54 Å². The van der Waals surface area contributed by atoms with E-state index in [1.165, 1.54) is 9.60 Å². The van der Waals surface area contributed by atoms with E-state index in [1.807, 2.05) is 41.4 Å². The van der Waals surface area contributed by atoms with E-state index in [2.05, 4.69) is 34.0 Å². The molecule has 3 aromatic rings. The molecule has 1 aromatic carbocycles. The number of carbonyl (C=O) groups excluding carboxylic acids is 1. The number of aromatic nitrogens is 2. The SMILES string of the molecule is C[NH+](CC(=O)N1CCN(c2cccc[nH+]2)CC1)Cc1nc2ccccc2s1. The average Bonchev–Trinajstić information content (AvgIpc) is 3.10. The molecule has 1 aliphatic heterocycles. The minimum absolute atomic E-state index is 0.227. The van der Waals surface area contributed by atoms with Gasteiger partial charge in [-0.2, -0.15) is 0 Å². The number of thiazole rings is 1. The van der Waals surface area contributed by atoms with Crippen LogP contribution in [-0.2, 0) is 11.3 Å². The molecule has 0 saturated carbocycles. The van der Waals surface area contributed by atoms with Crippen molar-refractivity contribution in [2.75, 3.05) is 44.7 Å². The van der Waals surface area contributed by atoms with Gasteiger partial charge >= 0.3 is 0 Å². The zero-order valence-electron chi connectivity index (χ0n) is 15.5. The summed E-state index contributed by atoms with van der Waals surface area (Å²) in [6, 6.07) is 14.3. The number of piperazine rings is 1. The van der Waals surface area contributed by atoms with Crippen molar-refractivity contribution in [2.24, 2.45) is 0 Å². The Bertz CT molecular complexity index is 872. The van der Waals surface area contributed by atoms with Crippen LogP contribution in [-0.4, -0.2) is 55.6 Å². The van der Waals surface area contributed by atoms with Crippen LogP contribution in [0.1, 0.15) is 5.01 Å². The second-order valence-corrected chi connectivity index (χ2v) is 8.12. The van der Waals surface area contributed by atoms with Gasteiger partial charge in [-0.05, 0) is 18.2 Å². The molecule has 4 rings (SSSR count). The smallest absolute Gasteiger partial charge is 0.278 e. The molecule has 1 atom stereocenters. The van der Waals surface area contributed by atoms with E-state index in [1.54, 1.807) is 11.3 Å². The Morgan fingerprint density at radius 2 is 1.93 bits per heavy atom. The number of amides is 1. The molecule has 0 bridgehead atoms. The third-order valence-corrected chi connectivity index (χ3v) is 5.95. The second kappa shape index (κ2) is 8.02. The molecule has 1 unspecified atom stereocenters.